The number of aromatic nitrogens is 3. The van der Waals surface area contributed by atoms with Crippen molar-refractivity contribution in [2.75, 3.05) is 13.2 Å². The topological polar surface area (TPSA) is 50.8 Å². The van der Waals surface area contributed by atoms with Crippen LogP contribution in [0.2, 0.25) is 0 Å². The number of nitrogens with one attached hydrogen (secondary N) is 1. The summed E-state index contributed by atoms with van der Waals surface area (Å²) in [6.07, 6.45) is 2.60. The minimum atomic E-state index is 0.447. The van der Waals surface area contributed by atoms with Crippen LogP contribution in [0.5, 0.6) is 0 Å². The highest BCUT2D eigenvalue weighted by atomic mass is 16.5. The summed E-state index contributed by atoms with van der Waals surface area (Å²) >= 11 is 0. The zero-order valence-corrected chi connectivity index (χ0v) is 5.58. The van der Waals surface area contributed by atoms with Crippen molar-refractivity contribution in [3.63, 3.8) is 0 Å². The molecule has 1 aliphatic heterocycles. The van der Waals surface area contributed by atoms with Gasteiger partial charge in [-0.3, -0.25) is 5.10 Å². The zero-order chi connectivity index (χ0) is 6.81. The summed E-state index contributed by atoms with van der Waals surface area (Å²) < 4.78 is 5.19. The molecule has 1 saturated heterocycles. The van der Waals surface area contributed by atoms with Crippen LogP contribution in [0.3, 0.4) is 0 Å². The molecule has 0 saturated carbocycles. The van der Waals surface area contributed by atoms with Gasteiger partial charge in [-0.15, -0.1) is 0 Å². The van der Waals surface area contributed by atoms with E-state index in [9.17, 15) is 0 Å². The average molecular weight is 139 g/mol. The largest absolute Gasteiger partial charge is 0.381 e. The lowest BCUT2D eigenvalue weighted by Gasteiger charge is -1.99. The van der Waals surface area contributed by atoms with Crippen molar-refractivity contribution in [1.29, 1.82) is 0 Å². The van der Waals surface area contributed by atoms with Crippen molar-refractivity contribution < 1.29 is 4.74 Å². The fourth-order valence-electron chi connectivity index (χ4n) is 1.16. The van der Waals surface area contributed by atoms with E-state index in [1.165, 1.54) is 6.33 Å². The van der Waals surface area contributed by atoms with Crippen LogP contribution in [0.15, 0.2) is 6.33 Å². The third-order valence-electron chi connectivity index (χ3n) is 1.75. The van der Waals surface area contributed by atoms with Gasteiger partial charge in [0.1, 0.15) is 12.2 Å². The van der Waals surface area contributed by atoms with Crippen molar-refractivity contribution in [3.05, 3.63) is 12.2 Å². The summed E-state index contributed by atoms with van der Waals surface area (Å²) in [5.41, 5.74) is 0. The minimum absolute atomic E-state index is 0.447. The van der Waals surface area contributed by atoms with Crippen LogP contribution in [-0.2, 0) is 4.74 Å². The molecule has 54 valence electrons. The molecule has 0 unspecified atom stereocenters. The van der Waals surface area contributed by atoms with Crippen molar-refractivity contribution in [2.24, 2.45) is 0 Å². The van der Waals surface area contributed by atoms with Gasteiger partial charge >= 0.3 is 0 Å². The van der Waals surface area contributed by atoms with Crippen molar-refractivity contribution in [1.82, 2.24) is 15.2 Å². The fraction of sp³-hybridized carbons (Fsp3) is 0.667. The Morgan fingerprint density at radius 3 is 3.30 bits per heavy atom. The van der Waals surface area contributed by atoms with Gasteiger partial charge in [0.15, 0.2) is 0 Å². The molecule has 1 aliphatic rings. The third-order valence-corrected chi connectivity index (χ3v) is 1.75. The van der Waals surface area contributed by atoms with Crippen molar-refractivity contribution in [2.45, 2.75) is 12.3 Å². The summed E-state index contributed by atoms with van der Waals surface area (Å²) in [5, 5.41) is 6.61. The van der Waals surface area contributed by atoms with Crippen LogP contribution in [0.4, 0.5) is 0 Å². The summed E-state index contributed by atoms with van der Waals surface area (Å²) in [6.45, 7) is 1.64. The lowest BCUT2D eigenvalue weighted by molar-refractivity contribution is 0.193. The summed E-state index contributed by atoms with van der Waals surface area (Å²) in [5.74, 6) is 1.40. The molecule has 4 heteroatoms. The summed E-state index contributed by atoms with van der Waals surface area (Å²) in [6, 6.07) is 0. The number of H-pyrrole nitrogens is 1. The molecule has 2 heterocycles. The van der Waals surface area contributed by atoms with E-state index in [1.54, 1.807) is 0 Å². The van der Waals surface area contributed by atoms with E-state index in [0.717, 1.165) is 25.5 Å². The van der Waals surface area contributed by atoms with Gasteiger partial charge in [-0.25, -0.2) is 4.98 Å². The van der Waals surface area contributed by atoms with Gasteiger partial charge in [-0.2, -0.15) is 5.10 Å². The van der Waals surface area contributed by atoms with Gasteiger partial charge < -0.3 is 4.74 Å². The Hall–Kier alpha value is -0.900. The Labute approximate surface area is 58.6 Å². The Kier molecular flexibility index (Phi) is 1.39. The number of nitrogens with zero attached hydrogens (tertiary/aromatic N) is 2. The second-order valence-corrected chi connectivity index (χ2v) is 2.43. The van der Waals surface area contributed by atoms with Crippen molar-refractivity contribution in [3.8, 4) is 0 Å². The molecule has 4 nitrogen and oxygen atoms in total. The van der Waals surface area contributed by atoms with Crippen LogP contribution in [-0.4, -0.2) is 28.4 Å². The Bertz CT molecular complexity index is 191. The predicted octanol–water partition coefficient (Wildman–Crippen LogP) is 0.309. The third kappa shape index (κ3) is 0.903. The van der Waals surface area contributed by atoms with Gasteiger partial charge in [0.25, 0.3) is 0 Å². The smallest absolute Gasteiger partial charge is 0.137 e. The molecule has 0 amide bonds. The molecule has 2 rings (SSSR count). The molecular weight excluding hydrogens is 130 g/mol. The first-order chi connectivity index (χ1) is 4.97. The molecule has 10 heavy (non-hydrogen) atoms. The van der Waals surface area contributed by atoms with Crippen LogP contribution < -0.4 is 0 Å². The average Bonchev–Trinajstić information content (AvgIpc) is 2.59. The van der Waals surface area contributed by atoms with E-state index in [0.29, 0.717) is 5.92 Å². The SMILES string of the molecule is c1n[nH]c([C@H]2CCOC2)n1. The normalized spacial score (nSPS) is 25.4. The highest BCUT2D eigenvalue weighted by Gasteiger charge is 2.19. The maximum Gasteiger partial charge on any atom is 0.137 e. The van der Waals surface area contributed by atoms with Gasteiger partial charge in [0.05, 0.1) is 6.61 Å². The van der Waals surface area contributed by atoms with Crippen LogP contribution in [0.1, 0.15) is 18.2 Å². The molecule has 1 fully saturated rings. The molecule has 0 bridgehead atoms. The molecule has 1 aromatic rings. The maximum atomic E-state index is 5.19. The number of hydrogen-bond acceptors (Lipinski definition) is 3. The highest BCUT2D eigenvalue weighted by molar-refractivity contribution is 4.94. The van der Waals surface area contributed by atoms with E-state index in [4.69, 9.17) is 4.74 Å². The van der Waals surface area contributed by atoms with E-state index >= 15 is 0 Å². The first kappa shape index (κ1) is 5.85. The molecule has 0 radical (unpaired) electrons. The fourth-order valence-corrected chi connectivity index (χ4v) is 1.16. The van der Waals surface area contributed by atoms with E-state index in [2.05, 4.69) is 15.2 Å². The van der Waals surface area contributed by atoms with Gasteiger partial charge in [0, 0.05) is 12.5 Å². The quantitative estimate of drug-likeness (QED) is 0.609. The maximum absolute atomic E-state index is 5.19. The molecular formula is C6H9N3O. The van der Waals surface area contributed by atoms with Crippen LogP contribution >= 0.6 is 0 Å². The lowest BCUT2D eigenvalue weighted by Crippen LogP contribution is -1.99. The Morgan fingerprint density at radius 1 is 1.70 bits per heavy atom. The van der Waals surface area contributed by atoms with E-state index in [1.807, 2.05) is 0 Å². The summed E-state index contributed by atoms with van der Waals surface area (Å²) in [4.78, 5) is 4.05. The highest BCUT2D eigenvalue weighted by Crippen LogP contribution is 2.20. The number of rotatable bonds is 1. The van der Waals surface area contributed by atoms with E-state index < -0.39 is 0 Å². The first-order valence-corrected chi connectivity index (χ1v) is 3.40. The second kappa shape index (κ2) is 2.38. The Morgan fingerprint density at radius 2 is 2.70 bits per heavy atom. The van der Waals surface area contributed by atoms with Crippen LogP contribution in [0, 0.1) is 0 Å². The zero-order valence-electron chi connectivity index (χ0n) is 5.58. The minimum Gasteiger partial charge on any atom is -0.381 e. The van der Waals surface area contributed by atoms with Gasteiger partial charge in [-0.05, 0) is 6.42 Å². The van der Waals surface area contributed by atoms with E-state index in [-0.39, 0.29) is 0 Å². The molecule has 1 aromatic heterocycles. The number of hydrogen-bond donors (Lipinski definition) is 1. The number of ether oxygens (including phenoxy) is 1. The lowest BCUT2D eigenvalue weighted by atomic mass is 10.1. The first-order valence-electron chi connectivity index (χ1n) is 3.40. The molecule has 1 atom stereocenters. The monoisotopic (exact) mass is 139 g/mol. The van der Waals surface area contributed by atoms with Gasteiger partial charge in [0.2, 0.25) is 0 Å². The molecule has 0 aromatic carbocycles. The molecule has 0 aliphatic carbocycles. The van der Waals surface area contributed by atoms with Crippen LogP contribution in [0.25, 0.3) is 0 Å². The molecule has 1 N–H and O–H groups in total. The van der Waals surface area contributed by atoms with Gasteiger partial charge in [-0.1, -0.05) is 0 Å². The summed E-state index contributed by atoms with van der Waals surface area (Å²) in [7, 11) is 0. The Balaban J connectivity index is 2.12. The molecule has 0 spiro atoms. The predicted molar refractivity (Wildman–Crippen MR) is 34.6 cm³/mol. The van der Waals surface area contributed by atoms with Crippen molar-refractivity contribution >= 4 is 0 Å². The second-order valence-electron chi connectivity index (χ2n) is 2.43. The number of aromatic amines is 1. The standard InChI is InChI=1S/C6H9N3O/c1-2-10-3-5(1)6-7-4-8-9-6/h4-5H,1-3H2,(H,7,8,9)/t5-/m0/s1.